The Labute approximate surface area is 93.2 Å². The first kappa shape index (κ1) is 12.9. The van der Waals surface area contributed by atoms with Crippen molar-refractivity contribution in [3.8, 4) is 0 Å². The summed E-state index contributed by atoms with van der Waals surface area (Å²) in [5.74, 6) is 0.793. The van der Waals surface area contributed by atoms with E-state index in [0.29, 0.717) is 0 Å². The van der Waals surface area contributed by atoms with Gasteiger partial charge in [0.05, 0.1) is 6.61 Å². The van der Waals surface area contributed by atoms with Crippen LogP contribution < -0.4 is 5.32 Å². The molecule has 0 spiro atoms. The number of likely N-dealkylation sites (N-methyl/N-ethyl adjacent to an activating group) is 1. The van der Waals surface area contributed by atoms with Crippen molar-refractivity contribution < 1.29 is 9.84 Å². The molecule has 1 fully saturated rings. The minimum atomic E-state index is 0.191. The average Bonchev–Trinajstić information content (AvgIpc) is 2.31. The van der Waals surface area contributed by atoms with Crippen LogP contribution in [-0.2, 0) is 4.74 Å². The first-order chi connectivity index (χ1) is 7.36. The predicted molar refractivity (Wildman–Crippen MR) is 61.9 cm³/mol. The fourth-order valence-electron chi connectivity index (χ4n) is 2.16. The zero-order chi connectivity index (χ0) is 10.9. The van der Waals surface area contributed by atoms with E-state index in [0.717, 1.165) is 25.6 Å². The Balaban J connectivity index is 1.95. The highest BCUT2D eigenvalue weighted by atomic mass is 16.5. The number of nitrogens with one attached hydrogen (secondary N) is 1. The molecule has 0 amide bonds. The second kappa shape index (κ2) is 8.08. The molecule has 0 heterocycles. The molecule has 1 saturated carbocycles. The van der Waals surface area contributed by atoms with Gasteiger partial charge in [0.1, 0.15) is 0 Å². The molecule has 1 aliphatic rings. The van der Waals surface area contributed by atoms with Gasteiger partial charge < -0.3 is 15.2 Å². The molecule has 0 bridgehead atoms. The largest absolute Gasteiger partial charge is 0.395 e. The van der Waals surface area contributed by atoms with Crippen molar-refractivity contribution in [1.29, 1.82) is 0 Å². The molecule has 1 rings (SSSR count). The molecule has 0 saturated heterocycles. The number of aliphatic hydroxyl groups excluding tert-OH is 1. The Bertz CT molecular complexity index is 143. The van der Waals surface area contributed by atoms with Gasteiger partial charge in [0.25, 0.3) is 0 Å². The third-order valence-electron chi connectivity index (χ3n) is 3.32. The van der Waals surface area contributed by atoms with E-state index in [1.165, 1.54) is 32.1 Å². The number of ether oxygens (including phenoxy) is 1. The Hall–Kier alpha value is -0.120. The van der Waals surface area contributed by atoms with E-state index in [1.54, 1.807) is 0 Å². The van der Waals surface area contributed by atoms with Gasteiger partial charge in [-0.15, -0.1) is 0 Å². The highest BCUT2D eigenvalue weighted by Gasteiger charge is 2.13. The van der Waals surface area contributed by atoms with Gasteiger partial charge >= 0.3 is 0 Å². The third kappa shape index (κ3) is 5.50. The van der Waals surface area contributed by atoms with Crippen molar-refractivity contribution in [2.75, 3.05) is 26.9 Å². The minimum Gasteiger partial charge on any atom is -0.395 e. The molecule has 15 heavy (non-hydrogen) atoms. The van der Waals surface area contributed by atoms with Crippen LogP contribution in [0.3, 0.4) is 0 Å². The lowest BCUT2D eigenvalue weighted by Gasteiger charge is -2.21. The van der Waals surface area contributed by atoms with Gasteiger partial charge in [0.15, 0.2) is 0 Å². The standard InChI is InChI=1S/C12H25NO2/c1-13-12(9-14)7-8-15-10-11-5-3-2-4-6-11/h11-14H,2-10H2,1H3. The summed E-state index contributed by atoms with van der Waals surface area (Å²) < 4.78 is 5.66. The van der Waals surface area contributed by atoms with Crippen molar-refractivity contribution in [2.45, 2.75) is 44.6 Å². The molecule has 0 aromatic rings. The highest BCUT2D eigenvalue weighted by Crippen LogP contribution is 2.23. The lowest BCUT2D eigenvalue weighted by Crippen LogP contribution is -2.30. The van der Waals surface area contributed by atoms with Crippen LogP contribution in [0.4, 0.5) is 0 Å². The summed E-state index contributed by atoms with van der Waals surface area (Å²) in [7, 11) is 1.88. The summed E-state index contributed by atoms with van der Waals surface area (Å²) in [6.07, 6.45) is 7.75. The van der Waals surface area contributed by atoms with E-state index < -0.39 is 0 Å². The van der Waals surface area contributed by atoms with Crippen LogP contribution in [0, 0.1) is 5.92 Å². The molecule has 0 aromatic heterocycles. The maximum absolute atomic E-state index is 8.96. The molecule has 0 aromatic carbocycles. The summed E-state index contributed by atoms with van der Waals surface area (Å²) in [6, 6.07) is 0.191. The zero-order valence-electron chi connectivity index (χ0n) is 9.87. The summed E-state index contributed by atoms with van der Waals surface area (Å²) in [4.78, 5) is 0. The summed E-state index contributed by atoms with van der Waals surface area (Å²) >= 11 is 0. The lowest BCUT2D eigenvalue weighted by molar-refractivity contribution is 0.0744. The van der Waals surface area contributed by atoms with Crippen LogP contribution in [0.5, 0.6) is 0 Å². The summed E-state index contributed by atoms with van der Waals surface area (Å²) in [5, 5.41) is 12.0. The summed E-state index contributed by atoms with van der Waals surface area (Å²) in [6.45, 7) is 1.88. The molecule has 0 aliphatic heterocycles. The van der Waals surface area contributed by atoms with E-state index in [-0.39, 0.29) is 12.6 Å². The zero-order valence-corrected chi connectivity index (χ0v) is 9.87. The number of rotatable bonds is 7. The fourth-order valence-corrected chi connectivity index (χ4v) is 2.16. The van der Waals surface area contributed by atoms with Crippen LogP contribution >= 0.6 is 0 Å². The van der Waals surface area contributed by atoms with Crippen LogP contribution in [0.15, 0.2) is 0 Å². The van der Waals surface area contributed by atoms with E-state index in [4.69, 9.17) is 9.84 Å². The van der Waals surface area contributed by atoms with E-state index >= 15 is 0 Å². The summed E-state index contributed by atoms with van der Waals surface area (Å²) in [5.41, 5.74) is 0. The van der Waals surface area contributed by atoms with E-state index in [2.05, 4.69) is 5.32 Å². The van der Waals surface area contributed by atoms with Gasteiger partial charge in [0, 0.05) is 19.3 Å². The maximum Gasteiger partial charge on any atom is 0.0585 e. The quantitative estimate of drug-likeness (QED) is 0.633. The molecular weight excluding hydrogens is 190 g/mol. The first-order valence-corrected chi connectivity index (χ1v) is 6.22. The van der Waals surface area contributed by atoms with Gasteiger partial charge in [-0.1, -0.05) is 19.3 Å². The Morgan fingerprint density at radius 2 is 2.07 bits per heavy atom. The second-order valence-electron chi connectivity index (χ2n) is 4.54. The lowest BCUT2D eigenvalue weighted by atomic mass is 9.90. The van der Waals surface area contributed by atoms with Crippen molar-refractivity contribution in [2.24, 2.45) is 5.92 Å². The van der Waals surface area contributed by atoms with Crippen LogP contribution in [0.25, 0.3) is 0 Å². The van der Waals surface area contributed by atoms with Crippen LogP contribution in [-0.4, -0.2) is 38.0 Å². The van der Waals surface area contributed by atoms with Gasteiger partial charge in [-0.25, -0.2) is 0 Å². The predicted octanol–water partition coefficient (Wildman–Crippen LogP) is 1.55. The van der Waals surface area contributed by atoms with Gasteiger partial charge in [-0.05, 0) is 32.2 Å². The minimum absolute atomic E-state index is 0.191. The topological polar surface area (TPSA) is 41.5 Å². The molecule has 3 heteroatoms. The van der Waals surface area contributed by atoms with Gasteiger partial charge in [-0.2, -0.15) is 0 Å². The van der Waals surface area contributed by atoms with Gasteiger partial charge in [-0.3, -0.25) is 0 Å². The molecule has 3 nitrogen and oxygen atoms in total. The smallest absolute Gasteiger partial charge is 0.0585 e. The van der Waals surface area contributed by atoms with Crippen molar-refractivity contribution in [3.05, 3.63) is 0 Å². The molecule has 1 unspecified atom stereocenters. The van der Waals surface area contributed by atoms with Crippen molar-refractivity contribution >= 4 is 0 Å². The Morgan fingerprint density at radius 1 is 1.33 bits per heavy atom. The Kier molecular flexibility index (Phi) is 6.98. The molecule has 1 aliphatic carbocycles. The highest BCUT2D eigenvalue weighted by molar-refractivity contribution is 4.66. The van der Waals surface area contributed by atoms with Crippen LogP contribution in [0.2, 0.25) is 0 Å². The normalized spacial score (nSPS) is 20.4. The van der Waals surface area contributed by atoms with E-state index in [1.807, 2.05) is 7.05 Å². The third-order valence-corrected chi connectivity index (χ3v) is 3.32. The number of hydrogen-bond donors (Lipinski definition) is 2. The number of aliphatic hydroxyl groups is 1. The molecule has 2 N–H and O–H groups in total. The number of hydrogen-bond acceptors (Lipinski definition) is 3. The second-order valence-corrected chi connectivity index (χ2v) is 4.54. The van der Waals surface area contributed by atoms with Crippen LogP contribution in [0.1, 0.15) is 38.5 Å². The van der Waals surface area contributed by atoms with E-state index in [9.17, 15) is 0 Å². The van der Waals surface area contributed by atoms with Crippen molar-refractivity contribution in [1.82, 2.24) is 5.32 Å². The van der Waals surface area contributed by atoms with Crippen molar-refractivity contribution in [3.63, 3.8) is 0 Å². The first-order valence-electron chi connectivity index (χ1n) is 6.22. The average molecular weight is 215 g/mol. The molecule has 1 atom stereocenters. The molecule has 90 valence electrons. The van der Waals surface area contributed by atoms with Gasteiger partial charge in [0.2, 0.25) is 0 Å². The monoisotopic (exact) mass is 215 g/mol. The Morgan fingerprint density at radius 3 is 2.67 bits per heavy atom. The molecule has 0 radical (unpaired) electrons. The molecular formula is C12H25NO2. The SMILES string of the molecule is CNC(CO)CCOCC1CCCCC1. The maximum atomic E-state index is 8.96. The fraction of sp³-hybridized carbons (Fsp3) is 1.00.